The van der Waals surface area contributed by atoms with Gasteiger partial charge in [0.25, 0.3) is 5.91 Å². The first-order valence-electron chi connectivity index (χ1n) is 8.40. The van der Waals surface area contributed by atoms with Crippen LogP contribution in [0, 0.1) is 13.8 Å². The summed E-state index contributed by atoms with van der Waals surface area (Å²) in [5.74, 6) is 0.698. The van der Waals surface area contributed by atoms with Crippen LogP contribution in [0.3, 0.4) is 0 Å². The second-order valence-electron chi connectivity index (χ2n) is 6.03. The molecule has 1 heterocycles. The minimum atomic E-state index is -0.187. The summed E-state index contributed by atoms with van der Waals surface area (Å²) in [4.78, 5) is 27.9. The topological polar surface area (TPSA) is 66.9 Å². The summed E-state index contributed by atoms with van der Waals surface area (Å²) in [6.07, 6.45) is 1.66. The molecule has 5 nitrogen and oxygen atoms in total. The lowest BCUT2D eigenvalue weighted by atomic mass is 10.2. The minimum absolute atomic E-state index is 0.112. The Morgan fingerprint density at radius 3 is 2.38 bits per heavy atom. The molecule has 0 unspecified atom stereocenters. The zero-order valence-corrected chi connectivity index (χ0v) is 15.6. The molecule has 3 rings (SSSR count). The first-order valence-corrected chi connectivity index (χ1v) is 9.38. The molecule has 0 fully saturated rings. The molecule has 2 N–H and O–H groups in total. The number of benzene rings is 2. The molecule has 0 saturated heterocycles. The molecule has 0 radical (unpaired) electrons. The summed E-state index contributed by atoms with van der Waals surface area (Å²) in [6.45, 7) is 4.51. The maximum absolute atomic E-state index is 12.2. The number of amides is 1. The Labute approximate surface area is 156 Å². The number of carbonyl (C=O) groups is 1. The third kappa shape index (κ3) is 4.26. The van der Waals surface area contributed by atoms with Crippen molar-refractivity contribution in [3.8, 4) is 5.69 Å². The van der Waals surface area contributed by atoms with Gasteiger partial charge in [0.15, 0.2) is 0 Å². The minimum Gasteiger partial charge on any atom is -0.351 e. The molecule has 1 aromatic heterocycles. The third-order valence-corrected chi connectivity index (χ3v) is 5.04. The fourth-order valence-corrected chi connectivity index (χ4v) is 3.38. The van der Waals surface area contributed by atoms with Gasteiger partial charge in [-0.25, -0.2) is 4.79 Å². The van der Waals surface area contributed by atoms with Gasteiger partial charge in [-0.3, -0.25) is 9.36 Å². The molecule has 26 heavy (non-hydrogen) atoms. The zero-order chi connectivity index (χ0) is 18.5. The van der Waals surface area contributed by atoms with Crippen molar-refractivity contribution in [1.29, 1.82) is 0 Å². The van der Waals surface area contributed by atoms with Crippen LogP contribution in [0.25, 0.3) is 5.69 Å². The Morgan fingerprint density at radius 2 is 1.77 bits per heavy atom. The fourth-order valence-electron chi connectivity index (χ4n) is 2.61. The van der Waals surface area contributed by atoms with E-state index in [1.807, 2.05) is 6.92 Å². The highest BCUT2D eigenvalue weighted by molar-refractivity contribution is 7.99. The highest BCUT2D eigenvalue weighted by Gasteiger charge is 2.08. The summed E-state index contributed by atoms with van der Waals surface area (Å²) in [6, 6.07) is 15.4. The van der Waals surface area contributed by atoms with E-state index in [0.29, 0.717) is 12.1 Å². The predicted molar refractivity (Wildman–Crippen MR) is 105 cm³/mol. The van der Waals surface area contributed by atoms with Crippen LogP contribution in [-0.2, 0) is 0 Å². The van der Waals surface area contributed by atoms with Gasteiger partial charge in [-0.2, -0.15) is 0 Å². The molecule has 0 aliphatic heterocycles. The number of aromatic amines is 1. The van der Waals surface area contributed by atoms with Crippen molar-refractivity contribution < 1.29 is 4.79 Å². The molecule has 0 bridgehead atoms. The van der Waals surface area contributed by atoms with Crippen LogP contribution >= 0.6 is 11.8 Å². The molecule has 0 saturated carbocycles. The van der Waals surface area contributed by atoms with E-state index >= 15 is 0 Å². The first-order chi connectivity index (χ1) is 12.5. The number of rotatable bonds is 6. The van der Waals surface area contributed by atoms with E-state index in [9.17, 15) is 9.59 Å². The van der Waals surface area contributed by atoms with Crippen molar-refractivity contribution in [3.63, 3.8) is 0 Å². The monoisotopic (exact) mass is 367 g/mol. The third-order valence-electron chi connectivity index (χ3n) is 4.03. The van der Waals surface area contributed by atoms with E-state index in [-0.39, 0.29) is 11.6 Å². The maximum Gasteiger partial charge on any atom is 0.330 e. The van der Waals surface area contributed by atoms with Crippen molar-refractivity contribution in [2.24, 2.45) is 0 Å². The van der Waals surface area contributed by atoms with Gasteiger partial charge in [0.1, 0.15) is 0 Å². The van der Waals surface area contributed by atoms with E-state index in [2.05, 4.69) is 41.5 Å². The van der Waals surface area contributed by atoms with E-state index in [1.165, 1.54) is 10.5 Å². The van der Waals surface area contributed by atoms with E-state index in [1.54, 1.807) is 46.8 Å². The molecular formula is C20H21N3O2S. The van der Waals surface area contributed by atoms with E-state index in [0.717, 1.165) is 17.1 Å². The van der Waals surface area contributed by atoms with E-state index in [4.69, 9.17) is 0 Å². The fraction of sp³-hybridized carbons (Fsp3) is 0.200. The molecule has 6 heteroatoms. The predicted octanol–water partition coefficient (Wildman–Crippen LogP) is 3.30. The summed E-state index contributed by atoms with van der Waals surface area (Å²) < 4.78 is 1.57. The normalized spacial score (nSPS) is 10.7. The van der Waals surface area contributed by atoms with Gasteiger partial charge in [-0.05, 0) is 50.2 Å². The standard InChI is InChI=1S/C20H21N3O2S/c1-14-3-9-18(10-4-14)26-12-11-21-19(24)16-5-7-17(8-6-16)23-15(2)13-22-20(23)25/h3-10,13H,11-12H2,1-2H3,(H,21,24)(H,22,25). The number of nitrogens with one attached hydrogen (secondary N) is 2. The lowest BCUT2D eigenvalue weighted by Gasteiger charge is -2.07. The van der Waals surface area contributed by atoms with Crippen molar-refractivity contribution in [2.45, 2.75) is 18.7 Å². The molecule has 134 valence electrons. The van der Waals surface area contributed by atoms with Crippen LogP contribution in [0.15, 0.2) is 64.4 Å². The number of imidazole rings is 1. The Kier molecular flexibility index (Phi) is 5.63. The molecule has 3 aromatic rings. The second-order valence-corrected chi connectivity index (χ2v) is 7.20. The van der Waals surface area contributed by atoms with Gasteiger partial charge in [0.05, 0.1) is 5.69 Å². The Morgan fingerprint density at radius 1 is 1.08 bits per heavy atom. The van der Waals surface area contributed by atoms with Crippen LogP contribution in [0.2, 0.25) is 0 Å². The summed E-state index contributed by atoms with van der Waals surface area (Å²) in [7, 11) is 0. The van der Waals surface area contributed by atoms with Gasteiger partial charge >= 0.3 is 5.69 Å². The number of aromatic nitrogens is 2. The Bertz CT molecular complexity index is 940. The first kappa shape index (κ1) is 18.1. The van der Waals surface area contributed by atoms with Gasteiger partial charge in [-0.15, -0.1) is 11.8 Å². The highest BCUT2D eigenvalue weighted by Crippen LogP contribution is 2.17. The van der Waals surface area contributed by atoms with Crippen molar-refractivity contribution in [1.82, 2.24) is 14.9 Å². The number of thioether (sulfide) groups is 1. The van der Waals surface area contributed by atoms with Crippen LogP contribution in [0.4, 0.5) is 0 Å². The molecular weight excluding hydrogens is 346 g/mol. The van der Waals surface area contributed by atoms with Crippen molar-refractivity contribution >= 4 is 17.7 Å². The molecule has 1 amide bonds. The highest BCUT2D eigenvalue weighted by atomic mass is 32.2. The maximum atomic E-state index is 12.2. The molecule has 0 atom stereocenters. The average molecular weight is 367 g/mol. The zero-order valence-electron chi connectivity index (χ0n) is 14.8. The Balaban J connectivity index is 1.53. The number of hydrogen-bond acceptors (Lipinski definition) is 3. The lowest BCUT2D eigenvalue weighted by Crippen LogP contribution is -2.25. The number of nitrogens with zero attached hydrogens (tertiary/aromatic N) is 1. The van der Waals surface area contributed by atoms with Gasteiger partial charge in [-0.1, -0.05) is 17.7 Å². The lowest BCUT2D eigenvalue weighted by molar-refractivity contribution is 0.0956. The van der Waals surface area contributed by atoms with Crippen LogP contribution in [-0.4, -0.2) is 27.8 Å². The Hall–Kier alpha value is -2.73. The molecule has 2 aromatic carbocycles. The average Bonchev–Trinajstić information content (AvgIpc) is 2.98. The number of aryl methyl sites for hydroxylation is 2. The molecule has 0 aliphatic carbocycles. The largest absolute Gasteiger partial charge is 0.351 e. The number of H-pyrrole nitrogens is 1. The SMILES string of the molecule is Cc1ccc(SCCNC(=O)c2ccc(-n3c(C)c[nH]c3=O)cc2)cc1. The molecule has 0 spiro atoms. The summed E-state index contributed by atoms with van der Waals surface area (Å²) in [5.41, 5.74) is 3.19. The quantitative estimate of drug-likeness (QED) is 0.519. The smallest absolute Gasteiger partial charge is 0.330 e. The van der Waals surface area contributed by atoms with Gasteiger partial charge < -0.3 is 10.3 Å². The summed E-state index contributed by atoms with van der Waals surface area (Å²) in [5, 5.41) is 2.92. The summed E-state index contributed by atoms with van der Waals surface area (Å²) >= 11 is 1.71. The number of carbonyl (C=O) groups excluding carboxylic acids is 1. The van der Waals surface area contributed by atoms with E-state index < -0.39 is 0 Å². The van der Waals surface area contributed by atoms with Gasteiger partial charge in [0, 0.05) is 34.6 Å². The second kappa shape index (κ2) is 8.10. The van der Waals surface area contributed by atoms with Crippen LogP contribution in [0.5, 0.6) is 0 Å². The van der Waals surface area contributed by atoms with Crippen molar-refractivity contribution in [3.05, 3.63) is 82.0 Å². The van der Waals surface area contributed by atoms with Gasteiger partial charge in [0.2, 0.25) is 0 Å². The van der Waals surface area contributed by atoms with Crippen molar-refractivity contribution in [2.75, 3.05) is 12.3 Å². The van der Waals surface area contributed by atoms with Crippen LogP contribution < -0.4 is 11.0 Å². The molecule has 0 aliphatic rings. The number of hydrogen-bond donors (Lipinski definition) is 2. The van der Waals surface area contributed by atoms with Crippen LogP contribution in [0.1, 0.15) is 21.6 Å².